The molecule has 0 nitrogen and oxygen atoms in total. The van der Waals surface area contributed by atoms with Crippen molar-refractivity contribution in [3.63, 3.8) is 0 Å². The molecule has 0 heterocycles. The Hall–Kier alpha value is -1.55. The van der Waals surface area contributed by atoms with Gasteiger partial charge in [0.25, 0.3) is 0 Å². The van der Waals surface area contributed by atoms with Crippen LogP contribution in [0, 0.1) is 35.4 Å². The number of hydrogen-bond acceptors (Lipinski definition) is 0. The van der Waals surface area contributed by atoms with E-state index in [1.807, 2.05) is 12.1 Å². The molecular weight excluding hydrogens is 319 g/mol. The lowest BCUT2D eigenvalue weighted by Crippen LogP contribution is -2.12. The summed E-state index contributed by atoms with van der Waals surface area (Å²) in [5.74, 6) is 9.51. The van der Waals surface area contributed by atoms with Gasteiger partial charge in [-0.25, -0.2) is 4.39 Å². The van der Waals surface area contributed by atoms with Gasteiger partial charge in [-0.2, -0.15) is 0 Å². The van der Waals surface area contributed by atoms with E-state index in [0.29, 0.717) is 11.8 Å². The Morgan fingerprint density at radius 1 is 0.962 bits per heavy atom. The Balaban J connectivity index is 1.39. The molecule has 2 aliphatic rings. The first kappa shape index (κ1) is 19.2. The van der Waals surface area contributed by atoms with Gasteiger partial charge in [0.05, 0.1) is 0 Å². The minimum atomic E-state index is -0.140. The fourth-order valence-electron chi connectivity index (χ4n) is 4.73. The van der Waals surface area contributed by atoms with Crippen molar-refractivity contribution in [2.45, 2.75) is 77.0 Å². The van der Waals surface area contributed by atoms with Crippen LogP contribution in [0.15, 0.2) is 36.4 Å². The third-order valence-electron chi connectivity index (χ3n) is 6.40. The van der Waals surface area contributed by atoms with Crippen LogP contribution < -0.4 is 0 Å². The maximum Gasteiger partial charge on any atom is 0.123 e. The highest BCUT2D eigenvalue weighted by Crippen LogP contribution is 2.35. The van der Waals surface area contributed by atoms with Gasteiger partial charge in [0.1, 0.15) is 5.82 Å². The molecule has 140 valence electrons. The lowest BCUT2D eigenvalue weighted by molar-refractivity contribution is 0.294. The molecule has 1 aromatic rings. The molecule has 0 aliphatic heterocycles. The third kappa shape index (κ3) is 5.73. The van der Waals surface area contributed by atoms with Gasteiger partial charge < -0.3 is 0 Å². The zero-order chi connectivity index (χ0) is 18.2. The highest BCUT2D eigenvalue weighted by Gasteiger charge is 2.21. The van der Waals surface area contributed by atoms with E-state index in [1.165, 1.54) is 69.8 Å². The van der Waals surface area contributed by atoms with Crippen LogP contribution in [0.2, 0.25) is 0 Å². The summed E-state index contributed by atoms with van der Waals surface area (Å²) in [7, 11) is 0. The third-order valence-corrected chi connectivity index (χ3v) is 6.40. The molecule has 2 saturated carbocycles. The fourth-order valence-corrected chi connectivity index (χ4v) is 4.73. The van der Waals surface area contributed by atoms with Gasteiger partial charge >= 0.3 is 0 Å². The van der Waals surface area contributed by atoms with E-state index in [4.69, 9.17) is 0 Å². The van der Waals surface area contributed by atoms with Gasteiger partial charge in [0.2, 0.25) is 0 Å². The van der Waals surface area contributed by atoms with Crippen LogP contribution >= 0.6 is 0 Å². The zero-order valence-corrected chi connectivity index (χ0v) is 16.2. The number of benzene rings is 1. The molecule has 3 rings (SSSR count). The van der Waals surface area contributed by atoms with Crippen molar-refractivity contribution >= 4 is 0 Å². The van der Waals surface area contributed by atoms with Gasteiger partial charge in [0.15, 0.2) is 0 Å². The lowest BCUT2D eigenvalue weighted by Gasteiger charge is -2.26. The molecule has 2 fully saturated rings. The summed E-state index contributed by atoms with van der Waals surface area (Å²) in [4.78, 5) is 0. The van der Waals surface area contributed by atoms with Crippen LogP contribution in [0.4, 0.5) is 4.39 Å². The van der Waals surface area contributed by atoms with Crippen LogP contribution in [0.5, 0.6) is 0 Å². The van der Waals surface area contributed by atoms with Gasteiger partial charge in [0, 0.05) is 5.92 Å². The number of allylic oxidation sites excluding steroid dienone is 2. The largest absolute Gasteiger partial charge is 0.207 e. The minimum absolute atomic E-state index is 0.140. The summed E-state index contributed by atoms with van der Waals surface area (Å²) in [6.45, 7) is 2.30. The summed E-state index contributed by atoms with van der Waals surface area (Å²) in [5.41, 5.74) is 1.29. The van der Waals surface area contributed by atoms with Crippen molar-refractivity contribution in [2.24, 2.45) is 17.8 Å². The summed E-state index contributed by atoms with van der Waals surface area (Å²) >= 11 is 0. The first-order chi connectivity index (χ1) is 12.7. The first-order valence-electron chi connectivity index (χ1n) is 10.7. The van der Waals surface area contributed by atoms with Crippen LogP contribution in [0.3, 0.4) is 0 Å². The van der Waals surface area contributed by atoms with E-state index in [2.05, 4.69) is 30.9 Å². The molecule has 0 spiro atoms. The van der Waals surface area contributed by atoms with Crippen LogP contribution in [-0.4, -0.2) is 0 Å². The Morgan fingerprint density at radius 3 is 2.31 bits per heavy atom. The summed E-state index contributed by atoms with van der Waals surface area (Å²) in [6, 6.07) is 7.07. The summed E-state index contributed by atoms with van der Waals surface area (Å²) < 4.78 is 13.1. The predicted octanol–water partition coefficient (Wildman–Crippen LogP) is 7.27. The van der Waals surface area contributed by atoms with Crippen LogP contribution in [0.1, 0.15) is 82.6 Å². The molecule has 0 atom stereocenters. The molecule has 1 heteroatoms. The minimum Gasteiger partial charge on any atom is -0.207 e. The Bertz CT molecular complexity index is 614. The molecular formula is C25H33F. The highest BCUT2D eigenvalue weighted by atomic mass is 19.1. The lowest BCUT2D eigenvalue weighted by atomic mass is 9.79. The molecule has 26 heavy (non-hydrogen) atoms. The number of halogens is 1. The Kier molecular flexibility index (Phi) is 7.36. The topological polar surface area (TPSA) is 0 Å². The molecule has 1 aromatic carbocycles. The summed E-state index contributed by atoms with van der Waals surface area (Å²) in [5, 5.41) is 0. The predicted molar refractivity (Wildman–Crippen MR) is 108 cm³/mol. The number of rotatable bonds is 4. The first-order valence-corrected chi connectivity index (χ1v) is 10.7. The van der Waals surface area contributed by atoms with Crippen LogP contribution in [0.25, 0.3) is 0 Å². The van der Waals surface area contributed by atoms with E-state index in [-0.39, 0.29) is 5.82 Å². The second-order valence-corrected chi connectivity index (χ2v) is 8.32. The monoisotopic (exact) mass is 352 g/mol. The molecule has 0 bridgehead atoms. The average molecular weight is 353 g/mol. The van der Waals surface area contributed by atoms with E-state index >= 15 is 0 Å². The second kappa shape index (κ2) is 9.96. The molecule has 0 N–H and O–H groups in total. The molecule has 0 unspecified atom stereocenters. The summed E-state index contributed by atoms with van der Waals surface area (Å²) in [6.07, 6.45) is 17.4. The standard InChI is InChI=1S/C25H33F/c1-2-5-20-8-10-21(11-9-20)6-3-4-7-22-12-14-23(15-13-22)24-16-18-25(26)19-17-24/h3,6,16-23H,2,5,8-15H2,1H3/b6-3+. The molecule has 0 saturated heterocycles. The Labute approximate surface area is 159 Å². The van der Waals surface area contributed by atoms with Crippen molar-refractivity contribution in [2.75, 3.05) is 0 Å². The van der Waals surface area contributed by atoms with Gasteiger partial charge in [-0.15, -0.1) is 0 Å². The Morgan fingerprint density at radius 2 is 1.65 bits per heavy atom. The van der Waals surface area contributed by atoms with E-state index in [1.54, 1.807) is 12.1 Å². The molecule has 0 radical (unpaired) electrons. The van der Waals surface area contributed by atoms with Crippen molar-refractivity contribution in [1.82, 2.24) is 0 Å². The van der Waals surface area contributed by atoms with Crippen molar-refractivity contribution < 1.29 is 4.39 Å². The zero-order valence-electron chi connectivity index (χ0n) is 16.2. The normalized spacial score (nSPS) is 29.3. The SMILES string of the molecule is CCCC1CCC(/C=C/C#CC2CCC(c3ccc(F)cc3)CC2)CC1. The van der Waals surface area contributed by atoms with Gasteiger partial charge in [-0.1, -0.05) is 49.8 Å². The van der Waals surface area contributed by atoms with Crippen molar-refractivity contribution in [3.05, 3.63) is 47.8 Å². The number of hydrogen-bond donors (Lipinski definition) is 0. The molecule has 0 amide bonds. The highest BCUT2D eigenvalue weighted by molar-refractivity contribution is 5.23. The fraction of sp³-hybridized carbons (Fsp3) is 0.600. The average Bonchev–Trinajstić information content (AvgIpc) is 2.68. The van der Waals surface area contributed by atoms with Crippen molar-refractivity contribution in [1.29, 1.82) is 0 Å². The van der Waals surface area contributed by atoms with E-state index in [0.717, 1.165) is 11.8 Å². The maximum atomic E-state index is 13.1. The van der Waals surface area contributed by atoms with E-state index in [9.17, 15) is 4.39 Å². The molecule has 0 aromatic heterocycles. The van der Waals surface area contributed by atoms with Crippen molar-refractivity contribution in [3.8, 4) is 11.8 Å². The quantitative estimate of drug-likeness (QED) is 0.500. The van der Waals surface area contributed by atoms with Gasteiger partial charge in [-0.3, -0.25) is 0 Å². The van der Waals surface area contributed by atoms with Gasteiger partial charge in [-0.05, 0) is 92.9 Å². The second-order valence-electron chi connectivity index (χ2n) is 8.32. The van der Waals surface area contributed by atoms with Crippen LogP contribution in [-0.2, 0) is 0 Å². The van der Waals surface area contributed by atoms with E-state index < -0.39 is 0 Å². The maximum absolute atomic E-state index is 13.1. The molecule has 2 aliphatic carbocycles. The smallest absolute Gasteiger partial charge is 0.123 e.